The van der Waals surface area contributed by atoms with Gasteiger partial charge in [0.2, 0.25) is 5.56 Å². The molecular weight excluding hydrogens is 621 g/mol. The zero-order valence-electron chi connectivity index (χ0n) is 26.8. The van der Waals surface area contributed by atoms with Crippen LogP contribution < -0.4 is 15.6 Å². The van der Waals surface area contributed by atoms with Crippen LogP contribution in [0.1, 0.15) is 24.0 Å². The molecule has 0 aliphatic carbocycles. The fourth-order valence-corrected chi connectivity index (χ4v) is 6.43. The van der Waals surface area contributed by atoms with Crippen molar-refractivity contribution >= 4 is 44.1 Å². The van der Waals surface area contributed by atoms with Crippen molar-refractivity contribution in [2.75, 3.05) is 38.3 Å². The van der Waals surface area contributed by atoms with E-state index in [-0.39, 0.29) is 18.4 Å². The highest BCUT2D eigenvalue weighted by molar-refractivity contribution is 7.17. The van der Waals surface area contributed by atoms with Gasteiger partial charge in [-0.25, -0.2) is 4.79 Å². The Balaban J connectivity index is 1.06. The van der Waals surface area contributed by atoms with Crippen molar-refractivity contribution in [1.82, 2.24) is 14.8 Å². The molecule has 2 N–H and O–H groups in total. The number of hydrogen-bond donors (Lipinski definition) is 2. The first-order valence-corrected chi connectivity index (χ1v) is 17.2. The van der Waals surface area contributed by atoms with E-state index in [0.717, 1.165) is 52.9 Å². The third-order valence-corrected chi connectivity index (χ3v) is 9.02. The Labute approximate surface area is 284 Å². The highest BCUT2D eigenvalue weighted by Gasteiger charge is 2.18. The van der Waals surface area contributed by atoms with Gasteiger partial charge < -0.3 is 19.8 Å². The van der Waals surface area contributed by atoms with Gasteiger partial charge in [-0.05, 0) is 71.1 Å². The molecular formula is C39H40N4O4S. The predicted octanol–water partition coefficient (Wildman–Crippen LogP) is 8.11. The zero-order chi connectivity index (χ0) is 33.0. The van der Waals surface area contributed by atoms with E-state index >= 15 is 0 Å². The predicted molar refractivity (Wildman–Crippen MR) is 195 cm³/mol. The number of H-pyrrole nitrogens is 1. The lowest BCUT2D eigenvalue weighted by atomic mass is 10.2. The molecule has 0 aliphatic heterocycles. The molecule has 0 saturated heterocycles. The van der Waals surface area contributed by atoms with Crippen molar-refractivity contribution in [2.45, 2.75) is 25.9 Å². The molecule has 2 heterocycles. The number of pyridine rings is 1. The summed E-state index contributed by atoms with van der Waals surface area (Å²) < 4.78 is 13.2. The highest BCUT2D eigenvalue weighted by Crippen LogP contribution is 2.27. The summed E-state index contributed by atoms with van der Waals surface area (Å²) in [4.78, 5) is 32.0. The van der Waals surface area contributed by atoms with Crippen LogP contribution in [0.15, 0.2) is 125 Å². The van der Waals surface area contributed by atoms with E-state index < -0.39 is 0 Å². The van der Waals surface area contributed by atoms with Gasteiger partial charge in [0.25, 0.3) is 0 Å². The monoisotopic (exact) mass is 660 g/mol. The number of nitrogens with one attached hydrogen (secondary N) is 2. The van der Waals surface area contributed by atoms with E-state index in [9.17, 15) is 9.59 Å². The summed E-state index contributed by atoms with van der Waals surface area (Å²) in [6.07, 6.45) is 1.34. The largest absolute Gasteiger partial charge is 0.494 e. The van der Waals surface area contributed by atoms with E-state index in [1.165, 1.54) is 16.2 Å². The van der Waals surface area contributed by atoms with Crippen molar-refractivity contribution in [3.05, 3.63) is 142 Å². The molecule has 0 radical (unpaired) electrons. The summed E-state index contributed by atoms with van der Waals surface area (Å²) in [5, 5.41) is 7.87. The van der Waals surface area contributed by atoms with Gasteiger partial charge in [0, 0.05) is 60.6 Å². The molecule has 0 fully saturated rings. The van der Waals surface area contributed by atoms with Crippen LogP contribution in [-0.2, 0) is 17.8 Å². The average molecular weight is 661 g/mol. The number of amides is 1. The maximum atomic E-state index is 13.5. The van der Waals surface area contributed by atoms with Gasteiger partial charge in [-0.3, -0.25) is 14.6 Å². The van der Waals surface area contributed by atoms with Crippen LogP contribution in [0, 0.1) is 0 Å². The SMILES string of the molecule is O=C(OCN(CCCCOc1ccc2ccc(=O)[nH]c2c1)CCNc1cccc2sccc12)N(Cc1ccccc1)Cc1ccccc1. The molecule has 6 aromatic rings. The Morgan fingerprint density at radius 2 is 1.54 bits per heavy atom. The van der Waals surface area contributed by atoms with Crippen LogP contribution in [0.25, 0.3) is 21.0 Å². The number of nitrogens with zero attached hydrogens (tertiary/aromatic N) is 2. The summed E-state index contributed by atoms with van der Waals surface area (Å²) in [6, 6.07) is 37.5. The Hall–Kier alpha value is -5.12. The van der Waals surface area contributed by atoms with Crippen LogP contribution in [0.5, 0.6) is 5.75 Å². The third-order valence-electron chi connectivity index (χ3n) is 8.13. The van der Waals surface area contributed by atoms with E-state index in [0.29, 0.717) is 32.8 Å². The van der Waals surface area contributed by atoms with Gasteiger partial charge in [0.05, 0.1) is 12.1 Å². The molecule has 0 bridgehead atoms. The van der Waals surface area contributed by atoms with Crippen molar-refractivity contribution in [3.8, 4) is 5.75 Å². The average Bonchev–Trinajstić information content (AvgIpc) is 3.60. The molecule has 8 nitrogen and oxygen atoms in total. The molecule has 0 spiro atoms. The molecule has 2 aromatic heterocycles. The summed E-state index contributed by atoms with van der Waals surface area (Å²) in [7, 11) is 0. The lowest BCUT2D eigenvalue weighted by Crippen LogP contribution is -2.37. The van der Waals surface area contributed by atoms with Crippen molar-refractivity contribution in [3.63, 3.8) is 0 Å². The fraction of sp³-hybridized carbons (Fsp3) is 0.231. The fourth-order valence-electron chi connectivity index (χ4n) is 5.61. The van der Waals surface area contributed by atoms with Gasteiger partial charge in [0.1, 0.15) is 12.5 Å². The Kier molecular flexibility index (Phi) is 11.4. The smallest absolute Gasteiger partial charge is 0.411 e. The van der Waals surface area contributed by atoms with Crippen LogP contribution in [-0.4, -0.2) is 53.8 Å². The molecule has 9 heteroatoms. The number of carbonyl (C=O) groups is 1. The van der Waals surface area contributed by atoms with Crippen molar-refractivity contribution < 1.29 is 14.3 Å². The number of unbranched alkanes of at least 4 members (excludes halogenated alkanes) is 1. The van der Waals surface area contributed by atoms with E-state index in [1.54, 1.807) is 22.3 Å². The Morgan fingerprint density at radius 1 is 0.792 bits per heavy atom. The molecule has 0 saturated carbocycles. The maximum absolute atomic E-state index is 13.5. The first-order valence-electron chi connectivity index (χ1n) is 16.3. The number of thiophene rings is 1. The summed E-state index contributed by atoms with van der Waals surface area (Å²) in [5.74, 6) is 0.721. The first-order chi connectivity index (χ1) is 23.6. The van der Waals surface area contributed by atoms with Gasteiger partial charge in [-0.15, -0.1) is 11.3 Å². The molecule has 0 aliphatic rings. The minimum Gasteiger partial charge on any atom is -0.494 e. The van der Waals surface area contributed by atoms with Gasteiger partial charge in [-0.1, -0.05) is 66.7 Å². The minimum atomic E-state index is -0.346. The molecule has 6 rings (SSSR count). The van der Waals surface area contributed by atoms with Crippen LogP contribution in [0.4, 0.5) is 10.5 Å². The van der Waals surface area contributed by atoms with E-state index in [1.807, 2.05) is 78.9 Å². The van der Waals surface area contributed by atoms with Gasteiger partial charge in [0.15, 0.2) is 0 Å². The van der Waals surface area contributed by atoms with Crippen molar-refractivity contribution in [2.24, 2.45) is 0 Å². The summed E-state index contributed by atoms with van der Waals surface area (Å²) >= 11 is 1.73. The lowest BCUT2D eigenvalue weighted by Gasteiger charge is -2.26. The Morgan fingerprint density at radius 3 is 2.31 bits per heavy atom. The highest BCUT2D eigenvalue weighted by atomic mass is 32.1. The van der Waals surface area contributed by atoms with Gasteiger partial charge >= 0.3 is 6.09 Å². The minimum absolute atomic E-state index is 0.134. The summed E-state index contributed by atoms with van der Waals surface area (Å²) in [5.41, 5.74) is 3.82. The van der Waals surface area contributed by atoms with E-state index in [2.05, 4.69) is 44.8 Å². The number of benzene rings is 4. The molecule has 48 heavy (non-hydrogen) atoms. The second-order valence-corrected chi connectivity index (χ2v) is 12.6. The quantitative estimate of drug-likeness (QED) is 0.0806. The third kappa shape index (κ3) is 9.24. The van der Waals surface area contributed by atoms with Crippen molar-refractivity contribution in [1.29, 1.82) is 0 Å². The number of fused-ring (bicyclic) bond motifs is 2. The van der Waals surface area contributed by atoms with Crippen LogP contribution in [0.3, 0.4) is 0 Å². The standard InChI is InChI=1S/C39H40N4O4S/c44-38-19-17-32-16-18-33(26-36(32)41-38)46-24-8-7-22-42(23-21-40-35-14-9-15-37-34(35)20-25-48-37)29-47-39(45)43(27-30-10-3-1-4-11-30)28-31-12-5-2-6-13-31/h1-6,9-20,25-26,40H,7-8,21-24,27-29H2,(H,41,44). The molecule has 0 unspecified atom stereocenters. The zero-order valence-corrected chi connectivity index (χ0v) is 27.7. The topological polar surface area (TPSA) is 86.9 Å². The van der Waals surface area contributed by atoms with Crippen LogP contribution in [0.2, 0.25) is 0 Å². The maximum Gasteiger partial charge on any atom is 0.411 e. The second-order valence-electron chi connectivity index (χ2n) is 11.7. The number of aromatic nitrogens is 1. The van der Waals surface area contributed by atoms with E-state index in [4.69, 9.17) is 9.47 Å². The second kappa shape index (κ2) is 16.6. The summed E-state index contributed by atoms with van der Waals surface area (Å²) in [6.45, 7) is 3.78. The molecule has 1 amide bonds. The normalized spacial score (nSPS) is 11.2. The number of hydrogen-bond acceptors (Lipinski definition) is 7. The Bertz CT molecular complexity index is 1920. The number of anilines is 1. The number of aromatic amines is 1. The van der Waals surface area contributed by atoms with Gasteiger partial charge in [-0.2, -0.15) is 0 Å². The molecule has 4 aromatic carbocycles. The molecule has 0 atom stereocenters. The number of carbonyl (C=O) groups excluding carboxylic acids is 1. The number of rotatable bonds is 16. The van der Waals surface area contributed by atoms with Crippen LogP contribution >= 0.6 is 11.3 Å². The number of ether oxygens (including phenoxy) is 2. The molecule has 246 valence electrons. The first kappa shape index (κ1) is 32.8. The lowest BCUT2D eigenvalue weighted by molar-refractivity contribution is 0.0411.